The van der Waals surface area contributed by atoms with Crippen LogP contribution in [0, 0.1) is 17.3 Å². The molecule has 2 aliphatic carbocycles. The van der Waals surface area contributed by atoms with Crippen molar-refractivity contribution in [1.29, 1.82) is 0 Å². The number of allylic oxidation sites excluding steroid dienone is 1. The Balaban J connectivity index is 2.30. The Labute approximate surface area is 337 Å². The topological polar surface area (TPSA) is 210 Å². The summed E-state index contributed by atoms with van der Waals surface area (Å²) in [6.45, 7) is 13.3. The number of esters is 7. The Morgan fingerprint density at radius 1 is 0.759 bits per heavy atom. The Bertz CT molecular complexity index is 1800. The molecule has 10 unspecified atom stereocenters. The van der Waals surface area contributed by atoms with E-state index in [2.05, 4.69) is 0 Å². The van der Waals surface area contributed by atoms with Crippen molar-refractivity contribution in [3.8, 4) is 0 Å². The van der Waals surface area contributed by atoms with Crippen LogP contribution in [-0.4, -0.2) is 101 Å². The number of hydrogen-bond donors (Lipinski definition) is 0. The molecule has 0 amide bonds. The number of rotatable bonds is 10. The Morgan fingerprint density at radius 2 is 1.34 bits per heavy atom. The monoisotopic (exact) mass is 814 g/mol. The van der Waals surface area contributed by atoms with Gasteiger partial charge in [-0.25, -0.2) is 4.79 Å². The lowest BCUT2D eigenvalue weighted by molar-refractivity contribution is -0.268. The van der Waals surface area contributed by atoms with E-state index in [1.165, 1.54) is 32.1 Å². The predicted octanol–water partition coefficient (Wildman–Crippen LogP) is 4.32. The first-order chi connectivity index (χ1) is 27.0. The standard InChI is InChI=1S/C42H54O16/c1-11-21-51-37-32(52-24(3)43)36(54-26(5)45)39(8,9)19-17-23(2)33(49)42(57-28(7)47)22-40(10,56-27(6)46)34(53-25(4)44)31(42)35-41(37,20-18-30(48)55-35)58-38(50)29-15-13-12-14-16-29/h12-17,19,23,31-32,34-37H,11,18,20-22H2,1-10H3. The lowest BCUT2D eigenvalue weighted by atomic mass is 9.66. The average molecular weight is 815 g/mol. The minimum atomic E-state index is -2.43. The summed E-state index contributed by atoms with van der Waals surface area (Å²) in [4.78, 5) is 109. The van der Waals surface area contributed by atoms with Crippen molar-refractivity contribution in [2.45, 2.75) is 142 Å². The quantitative estimate of drug-likeness (QED) is 0.183. The van der Waals surface area contributed by atoms with Gasteiger partial charge in [-0.15, -0.1) is 0 Å². The van der Waals surface area contributed by atoms with E-state index in [-0.39, 0.29) is 12.2 Å². The highest BCUT2D eigenvalue weighted by Gasteiger charge is 2.76. The summed E-state index contributed by atoms with van der Waals surface area (Å²) in [7, 11) is 0. The number of hydrogen-bond acceptors (Lipinski definition) is 16. The molecular weight excluding hydrogens is 760 g/mol. The van der Waals surface area contributed by atoms with Crippen LogP contribution in [-0.2, 0) is 71.5 Å². The smallest absolute Gasteiger partial charge is 0.338 e. The largest absolute Gasteiger partial charge is 0.458 e. The maximum absolute atomic E-state index is 15.3. The van der Waals surface area contributed by atoms with Gasteiger partial charge in [-0.05, 0) is 25.5 Å². The molecule has 16 heteroatoms. The third-order valence-corrected chi connectivity index (χ3v) is 10.7. The highest BCUT2D eigenvalue weighted by Crippen LogP contribution is 2.57. The van der Waals surface area contributed by atoms with Crippen LogP contribution in [0.25, 0.3) is 0 Å². The first-order valence-corrected chi connectivity index (χ1v) is 19.3. The SMILES string of the molecule is CCCOC1C(OC(C)=O)C(OC(C)=O)C(C)(C)C=CC(C)C(=O)C2(OC(C)=O)CC(C)(OC(C)=O)C(OC(C)=O)C2C2OC(=O)CCC12OC(=O)c1ccccc1. The first kappa shape index (κ1) is 45.6. The van der Waals surface area contributed by atoms with Crippen molar-refractivity contribution in [2.24, 2.45) is 17.3 Å². The molecule has 2 fully saturated rings. The van der Waals surface area contributed by atoms with Gasteiger partial charge in [0.25, 0.3) is 0 Å². The van der Waals surface area contributed by atoms with Gasteiger partial charge in [-0.1, -0.05) is 58.0 Å². The number of Topliss-reactive ketones (excluding diaryl/α,β-unsaturated/α-hetero) is 1. The second-order valence-electron chi connectivity index (χ2n) is 16.0. The second kappa shape index (κ2) is 17.8. The summed E-state index contributed by atoms with van der Waals surface area (Å²) in [6.07, 6.45) is -6.53. The zero-order valence-electron chi connectivity index (χ0n) is 34.7. The highest BCUT2D eigenvalue weighted by atomic mass is 16.7. The van der Waals surface area contributed by atoms with Crippen LogP contribution < -0.4 is 0 Å². The molecule has 3 aliphatic rings. The van der Waals surface area contributed by atoms with Gasteiger partial charge in [-0.3, -0.25) is 33.6 Å². The van der Waals surface area contributed by atoms with Gasteiger partial charge in [0.2, 0.25) is 0 Å². The molecule has 1 aliphatic heterocycles. The van der Waals surface area contributed by atoms with Crippen LogP contribution in [0.1, 0.15) is 105 Å². The van der Waals surface area contributed by atoms with Crippen LogP contribution >= 0.6 is 0 Å². The van der Waals surface area contributed by atoms with Crippen LogP contribution in [0.2, 0.25) is 0 Å². The Morgan fingerprint density at radius 3 is 1.90 bits per heavy atom. The molecule has 4 rings (SSSR count). The van der Waals surface area contributed by atoms with E-state index < -0.39 is 131 Å². The molecule has 1 aromatic rings. The van der Waals surface area contributed by atoms with Gasteiger partial charge in [0.1, 0.15) is 12.2 Å². The summed E-state index contributed by atoms with van der Waals surface area (Å²) < 4.78 is 49.4. The van der Waals surface area contributed by atoms with Gasteiger partial charge in [0, 0.05) is 71.8 Å². The fraction of sp³-hybridized carbons (Fsp3) is 0.619. The molecule has 10 atom stereocenters. The zero-order valence-corrected chi connectivity index (χ0v) is 34.7. The third kappa shape index (κ3) is 9.43. The first-order valence-electron chi connectivity index (χ1n) is 19.3. The van der Waals surface area contributed by atoms with Crippen molar-refractivity contribution in [3.05, 3.63) is 48.0 Å². The summed E-state index contributed by atoms with van der Waals surface area (Å²) >= 11 is 0. The lowest BCUT2D eigenvalue weighted by Gasteiger charge is -2.54. The molecule has 0 spiro atoms. The third-order valence-electron chi connectivity index (χ3n) is 10.7. The molecular formula is C42H54O16. The molecule has 1 saturated heterocycles. The molecule has 318 valence electrons. The number of carbonyl (C=O) groups excluding carboxylic acids is 8. The molecule has 1 heterocycles. The van der Waals surface area contributed by atoms with Gasteiger partial charge in [0.15, 0.2) is 40.9 Å². The van der Waals surface area contributed by atoms with E-state index >= 15 is 4.79 Å². The minimum absolute atomic E-state index is 0.0281. The fourth-order valence-electron chi connectivity index (χ4n) is 8.64. The van der Waals surface area contributed by atoms with E-state index in [0.717, 1.165) is 34.6 Å². The number of ketones is 1. The summed E-state index contributed by atoms with van der Waals surface area (Å²) in [5.41, 5.74) is -8.00. The molecule has 58 heavy (non-hydrogen) atoms. The molecule has 0 aromatic heterocycles. The zero-order chi connectivity index (χ0) is 43.4. The van der Waals surface area contributed by atoms with Crippen molar-refractivity contribution in [3.63, 3.8) is 0 Å². The molecule has 1 aromatic carbocycles. The maximum atomic E-state index is 15.3. The predicted molar refractivity (Wildman–Crippen MR) is 200 cm³/mol. The molecule has 0 N–H and O–H groups in total. The Hall–Kier alpha value is -5.12. The van der Waals surface area contributed by atoms with E-state index in [0.29, 0.717) is 6.42 Å². The lowest BCUT2D eigenvalue weighted by Crippen LogP contribution is -2.71. The van der Waals surface area contributed by atoms with Crippen LogP contribution in [0.3, 0.4) is 0 Å². The normalized spacial score (nSPS) is 33.0. The Kier molecular flexibility index (Phi) is 14.0. The maximum Gasteiger partial charge on any atom is 0.338 e. The minimum Gasteiger partial charge on any atom is -0.458 e. The molecule has 1 saturated carbocycles. The van der Waals surface area contributed by atoms with E-state index in [1.807, 2.05) is 0 Å². The summed E-state index contributed by atoms with van der Waals surface area (Å²) in [5.74, 6) is -9.98. The molecule has 16 nitrogen and oxygen atoms in total. The van der Waals surface area contributed by atoms with Gasteiger partial charge >= 0.3 is 41.8 Å². The number of carbonyl (C=O) groups is 8. The van der Waals surface area contributed by atoms with E-state index in [4.69, 9.17) is 37.9 Å². The van der Waals surface area contributed by atoms with Crippen molar-refractivity contribution < 1.29 is 76.3 Å². The van der Waals surface area contributed by atoms with Crippen molar-refractivity contribution in [2.75, 3.05) is 6.61 Å². The average Bonchev–Trinajstić information content (AvgIpc) is 3.34. The van der Waals surface area contributed by atoms with Gasteiger partial charge < -0.3 is 37.9 Å². The van der Waals surface area contributed by atoms with Crippen molar-refractivity contribution >= 4 is 47.6 Å². The molecule has 0 radical (unpaired) electrons. The van der Waals surface area contributed by atoms with Gasteiger partial charge in [0.05, 0.1) is 11.5 Å². The van der Waals surface area contributed by atoms with Crippen LogP contribution in [0.15, 0.2) is 42.5 Å². The number of benzene rings is 1. The number of ether oxygens (including phenoxy) is 8. The summed E-state index contributed by atoms with van der Waals surface area (Å²) in [6, 6.07) is 7.74. The van der Waals surface area contributed by atoms with Crippen molar-refractivity contribution in [1.82, 2.24) is 0 Å². The second-order valence-corrected chi connectivity index (χ2v) is 16.0. The van der Waals surface area contributed by atoms with Crippen LogP contribution in [0.5, 0.6) is 0 Å². The van der Waals surface area contributed by atoms with Crippen LogP contribution in [0.4, 0.5) is 0 Å². The summed E-state index contributed by atoms with van der Waals surface area (Å²) in [5, 5.41) is 0. The van der Waals surface area contributed by atoms with E-state index in [1.54, 1.807) is 45.0 Å². The molecule has 0 bridgehead atoms. The highest BCUT2D eigenvalue weighted by molar-refractivity contribution is 5.94. The fourth-order valence-corrected chi connectivity index (χ4v) is 8.64. The van der Waals surface area contributed by atoms with Gasteiger partial charge in [-0.2, -0.15) is 0 Å². The number of fused-ring (bicyclic) bond motifs is 3. The van der Waals surface area contributed by atoms with E-state index in [9.17, 15) is 33.6 Å².